The summed E-state index contributed by atoms with van der Waals surface area (Å²) >= 11 is 0. The zero-order valence-corrected chi connectivity index (χ0v) is 12.3. The van der Waals surface area contributed by atoms with Gasteiger partial charge in [-0.05, 0) is 24.4 Å². The van der Waals surface area contributed by atoms with Gasteiger partial charge in [0.2, 0.25) is 0 Å². The molecular weight excluding hydrogens is 280 g/mol. The number of aliphatic hydroxyl groups excluding tert-OH is 1. The van der Waals surface area contributed by atoms with Crippen molar-refractivity contribution in [3.8, 4) is 0 Å². The van der Waals surface area contributed by atoms with E-state index in [0.717, 1.165) is 10.9 Å². The highest BCUT2D eigenvalue weighted by atomic mass is 16.3. The summed E-state index contributed by atoms with van der Waals surface area (Å²) in [5.74, 6) is -0.553. The van der Waals surface area contributed by atoms with Crippen LogP contribution in [0.4, 0.5) is 0 Å². The van der Waals surface area contributed by atoms with Crippen LogP contribution >= 0.6 is 0 Å². The molecule has 0 bridgehead atoms. The highest BCUT2D eigenvalue weighted by molar-refractivity contribution is 5.90. The minimum absolute atomic E-state index is 0.0169. The van der Waals surface area contributed by atoms with E-state index in [-0.39, 0.29) is 11.7 Å². The maximum Gasteiger partial charge on any atom is 0.268 e. The van der Waals surface area contributed by atoms with Crippen molar-refractivity contribution < 1.29 is 9.90 Å². The van der Waals surface area contributed by atoms with Crippen molar-refractivity contribution in [1.29, 1.82) is 0 Å². The van der Waals surface area contributed by atoms with Gasteiger partial charge in [0.1, 0.15) is 11.9 Å². The fourth-order valence-electron chi connectivity index (χ4n) is 2.61. The monoisotopic (exact) mass is 298 g/mol. The van der Waals surface area contributed by atoms with Crippen LogP contribution in [0.5, 0.6) is 0 Å². The summed E-state index contributed by atoms with van der Waals surface area (Å²) in [5, 5.41) is 11.6. The van der Waals surface area contributed by atoms with Crippen molar-refractivity contribution in [3.63, 3.8) is 0 Å². The number of hydrogen-bond donors (Lipinski definition) is 2. The van der Waals surface area contributed by atoms with E-state index in [1.54, 1.807) is 17.1 Å². The summed E-state index contributed by atoms with van der Waals surface area (Å²) in [6, 6.07) is 9.87. The van der Waals surface area contributed by atoms with Gasteiger partial charge in [0, 0.05) is 24.9 Å². The van der Waals surface area contributed by atoms with Crippen LogP contribution in [0, 0.1) is 0 Å². The number of amides is 1. The fraction of sp³-hybridized carbons (Fsp3) is 0.250. The molecule has 2 unspecified atom stereocenters. The molecule has 0 aliphatic heterocycles. The van der Waals surface area contributed by atoms with E-state index in [1.807, 2.05) is 48.0 Å². The lowest BCUT2D eigenvalue weighted by atomic mass is 10.2. The van der Waals surface area contributed by atoms with E-state index in [4.69, 9.17) is 5.73 Å². The lowest BCUT2D eigenvalue weighted by molar-refractivity contribution is 0.0842. The lowest BCUT2D eigenvalue weighted by Gasteiger charge is -2.19. The molecule has 0 fully saturated rings. The number of nitrogens with two attached hydrogens (primary N) is 1. The number of nitrogens with zero attached hydrogens (tertiary/aromatic N) is 3. The largest absolute Gasteiger partial charge is 0.373 e. The molecule has 0 spiro atoms. The molecule has 0 aliphatic carbocycles. The molecule has 1 amide bonds. The highest BCUT2D eigenvalue weighted by Crippen LogP contribution is 2.24. The Kier molecular flexibility index (Phi) is 3.68. The highest BCUT2D eigenvalue weighted by Gasteiger charge is 2.16. The molecule has 6 nitrogen and oxygen atoms in total. The number of aromatic nitrogens is 3. The zero-order valence-electron chi connectivity index (χ0n) is 12.3. The van der Waals surface area contributed by atoms with Gasteiger partial charge >= 0.3 is 0 Å². The number of carbonyl (C=O) groups is 1. The predicted molar refractivity (Wildman–Crippen MR) is 83.3 cm³/mol. The van der Waals surface area contributed by atoms with Crippen LogP contribution in [0.3, 0.4) is 0 Å². The number of primary amides is 1. The Hall–Kier alpha value is -2.60. The Morgan fingerprint density at radius 3 is 2.86 bits per heavy atom. The standard InChI is InChI=1S/C16H18N4O2/c1-11(19-9-13(16(17)22)18-10-19)8-15(21)20-7-6-12-4-2-3-5-14(12)20/h2-7,9-11,15,21H,8H2,1H3,(H2,17,22). The minimum atomic E-state index is -0.658. The van der Waals surface area contributed by atoms with Gasteiger partial charge in [-0.15, -0.1) is 0 Å². The Balaban J connectivity index is 1.78. The molecule has 2 aromatic heterocycles. The summed E-state index contributed by atoms with van der Waals surface area (Å²) in [5.41, 5.74) is 6.42. The van der Waals surface area contributed by atoms with Crippen molar-refractivity contribution in [2.45, 2.75) is 25.6 Å². The zero-order chi connectivity index (χ0) is 15.7. The van der Waals surface area contributed by atoms with Gasteiger partial charge in [-0.25, -0.2) is 4.98 Å². The molecule has 114 valence electrons. The molecule has 2 heterocycles. The topological polar surface area (TPSA) is 86.1 Å². The number of fused-ring (bicyclic) bond motifs is 1. The van der Waals surface area contributed by atoms with E-state index in [0.29, 0.717) is 6.42 Å². The average molecular weight is 298 g/mol. The first-order valence-electron chi connectivity index (χ1n) is 7.13. The molecule has 3 rings (SSSR count). The summed E-state index contributed by atoms with van der Waals surface area (Å²) in [6.07, 6.45) is 4.88. The van der Waals surface area contributed by atoms with Crippen LogP contribution in [0.2, 0.25) is 0 Å². The van der Waals surface area contributed by atoms with Gasteiger partial charge in [-0.1, -0.05) is 18.2 Å². The first-order valence-corrected chi connectivity index (χ1v) is 7.13. The van der Waals surface area contributed by atoms with Gasteiger partial charge in [0.25, 0.3) is 5.91 Å². The Morgan fingerprint density at radius 2 is 2.14 bits per heavy atom. The number of hydrogen-bond acceptors (Lipinski definition) is 3. The third-order valence-corrected chi connectivity index (χ3v) is 3.87. The summed E-state index contributed by atoms with van der Waals surface area (Å²) < 4.78 is 3.63. The molecule has 0 saturated heterocycles. The molecule has 0 saturated carbocycles. The Morgan fingerprint density at radius 1 is 1.36 bits per heavy atom. The summed E-state index contributed by atoms with van der Waals surface area (Å²) in [4.78, 5) is 15.0. The number of benzene rings is 1. The maximum absolute atomic E-state index is 11.1. The smallest absolute Gasteiger partial charge is 0.268 e. The van der Waals surface area contributed by atoms with E-state index >= 15 is 0 Å². The van der Waals surface area contributed by atoms with Gasteiger partial charge < -0.3 is 20.0 Å². The van der Waals surface area contributed by atoms with Gasteiger partial charge in [0.15, 0.2) is 0 Å². The van der Waals surface area contributed by atoms with E-state index in [2.05, 4.69) is 4.98 Å². The van der Waals surface area contributed by atoms with Gasteiger partial charge in [-0.2, -0.15) is 0 Å². The maximum atomic E-state index is 11.1. The van der Waals surface area contributed by atoms with Crippen molar-refractivity contribution >= 4 is 16.8 Å². The van der Waals surface area contributed by atoms with E-state index < -0.39 is 12.1 Å². The molecule has 3 N–H and O–H groups in total. The first kappa shape index (κ1) is 14.3. The van der Waals surface area contributed by atoms with Crippen molar-refractivity contribution in [2.24, 2.45) is 5.73 Å². The molecule has 22 heavy (non-hydrogen) atoms. The van der Waals surface area contributed by atoms with Gasteiger partial charge in [0.05, 0.1) is 11.8 Å². The molecule has 0 radical (unpaired) electrons. The molecule has 0 aliphatic rings. The number of aliphatic hydroxyl groups is 1. The van der Waals surface area contributed by atoms with E-state index in [9.17, 15) is 9.90 Å². The number of carbonyl (C=O) groups excluding carboxylic acids is 1. The Bertz CT molecular complexity index is 805. The quantitative estimate of drug-likeness (QED) is 0.756. The van der Waals surface area contributed by atoms with Crippen LogP contribution < -0.4 is 5.73 Å². The molecule has 6 heteroatoms. The molecule has 2 atom stereocenters. The summed E-state index contributed by atoms with van der Waals surface area (Å²) in [6.45, 7) is 1.96. The number of imidazole rings is 1. The fourth-order valence-corrected chi connectivity index (χ4v) is 2.61. The number of para-hydroxylation sites is 1. The lowest BCUT2D eigenvalue weighted by Crippen LogP contribution is -2.14. The van der Waals surface area contributed by atoms with Crippen LogP contribution in [-0.2, 0) is 0 Å². The third-order valence-electron chi connectivity index (χ3n) is 3.87. The molecular formula is C16H18N4O2. The molecule has 1 aromatic carbocycles. The first-order chi connectivity index (χ1) is 10.6. The van der Waals surface area contributed by atoms with Crippen LogP contribution in [0.1, 0.15) is 36.1 Å². The Labute approximate surface area is 127 Å². The normalized spacial score (nSPS) is 14.1. The average Bonchev–Trinajstić information content (AvgIpc) is 3.14. The van der Waals surface area contributed by atoms with Crippen molar-refractivity contribution in [1.82, 2.24) is 14.1 Å². The molecule has 3 aromatic rings. The number of rotatable bonds is 5. The van der Waals surface area contributed by atoms with Crippen LogP contribution in [0.25, 0.3) is 10.9 Å². The van der Waals surface area contributed by atoms with Crippen molar-refractivity contribution in [2.75, 3.05) is 0 Å². The third kappa shape index (κ3) is 2.60. The van der Waals surface area contributed by atoms with Crippen LogP contribution in [-0.4, -0.2) is 25.1 Å². The second-order valence-electron chi connectivity index (χ2n) is 5.42. The second kappa shape index (κ2) is 5.65. The van der Waals surface area contributed by atoms with Crippen LogP contribution in [0.15, 0.2) is 49.1 Å². The second-order valence-corrected chi connectivity index (χ2v) is 5.42. The SMILES string of the molecule is CC(CC(O)n1ccc2ccccc21)n1cnc(C(N)=O)c1. The predicted octanol–water partition coefficient (Wildman–Crippen LogP) is 2.08. The minimum Gasteiger partial charge on any atom is -0.373 e. The van der Waals surface area contributed by atoms with E-state index in [1.165, 1.54) is 0 Å². The van der Waals surface area contributed by atoms with Crippen molar-refractivity contribution in [3.05, 3.63) is 54.7 Å². The van der Waals surface area contributed by atoms with Gasteiger partial charge in [-0.3, -0.25) is 4.79 Å². The summed E-state index contributed by atoms with van der Waals surface area (Å²) in [7, 11) is 0.